The number of amides is 1. The van der Waals surface area contributed by atoms with Crippen molar-refractivity contribution >= 4 is 23.7 Å². The van der Waals surface area contributed by atoms with Gasteiger partial charge in [-0.1, -0.05) is 0 Å². The number of nitrogens with zero attached hydrogens (tertiary/aromatic N) is 7. The average molecular weight is 376 g/mol. The first kappa shape index (κ1) is 17.8. The van der Waals surface area contributed by atoms with Gasteiger partial charge in [0.2, 0.25) is 11.9 Å². The van der Waals surface area contributed by atoms with E-state index in [1.165, 1.54) is 0 Å². The Bertz CT molecular complexity index is 984. The van der Waals surface area contributed by atoms with E-state index in [0.29, 0.717) is 18.3 Å². The number of aromatic nitrogens is 6. The molecule has 1 fully saturated rings. The highest BCUT2D eigenvalue weighted by Crippen LogP contribution is 2.34. The largest absolute Gasteiger partial charge is 0.330 e. The Morgan fingerprint density at radius 3 is 2.75 bits per heavy atom. The molecule has 3 aromatic heterocycles. The molecule has 0 spiro atoms. The van der Waals surface area contributed by atoms with Gasteiger partial charge in [0.25, 0.3) is 0 Å². The van der Waals surface area contributed by atoms with E-state index in [4.69, 9.17) is 0 Å². The van der Waals surface area contributed by atoms with Gasteiger partial charge in [-0.2, -0.15) is 5.10 Å². The summed E-state index contributed by atoms with van der Waals surface area (Å²) in [6.07, 6.45) is 13.3. The quantitative estimate of drug-likeness (QED) is 0.681. The molecule has 0 radical (unpaired) electrons. The molecule has 3 aromatic rings. The highest BCUT2D eigenvalue weighted by Gasteiger charge is 2.32. The lowest BCUT2D eigenvalue weighted by Crippen LogP contribution is -2.30. The summed E-state index contributed by atoms with van der Waals surface area (Å²) in [4.78, 5) is 31.9. The van der Waals surface area contributed by atoms with E-state index in [2.05, 4.69) is 30.4 Å². The van der Waals surface area contributed by atoms with E-state index in [0.717, 1.165) is 24.2 Å². The van der Waals surface area contributed by atoms with Crippen molar-refractivity contribution in [2.45, 2.75) is 18.9 Å². The van der Waals surface area contributed by atoms with Crippen LogP contribution in [-0.4, -0.2) is 47.1 Å². The molecular weight excluding hydrogens is 356 g/mol. The minimum Gasteiger partial charge on any atom is -0.330 e. The van der Waals surface area contributed by atoms with E-state index in [1.807, 2.05) is 18.0 Å². The molecule has 9 heteroatoms. The van der Waals surface area contributed by atoms with Gasteiger partial charge in [-0.05, 0) is 31.1 Å². The number of carbonyl (C=O) groups excluding carboxylic acids is 1. The Labute approximate surface area is 162 Å². The average Bonchev–Trinajstić information content (AvgIpc) is 3.36. The Balaban J connectivity index is 1.56. The second-order valence-corrected chi connectivity index (χ2v) is 6.39. The summed E-state index contributed by atoms with van der Waals surface area (Å²) >= 11 is 0. The molecule has 1 saturated heterocycles. The molecule has 1 amide bonds. The monoisotopic (exact) mass is 376 g/mol. The molecule has 4 rings (SSSR count). The van der Waals surface area contributed by atoms with Crippen LogP contribution in [0.5, 0.6) is 0 Å². The third kappa shape index (κ3) is 3.73. The van der Waals surface area contributed by atoms with Crippen molar-refractivity contribution in [3.05, 3.63) is 60.6 Å². The van der Waals surface area contributed by atoms with Crippen molar-refractivity contribution in [1.29, 1.82) is 0 Å². The maximum Gasteiger partial charge on any atom is 0.247 e. The Morgan fingerprint density at radius 2 is 1.96 bits per heavy atom. The van der Waals surface area contributed by atoms with Gasteiger partial charge in [0.15, 0.2) is 5.82 Å². The summed E-state index contributed by atoms with van der Waals surface area (Å²) in [6, 6.07) is 3.45. The van der Waals surface area contributed by atoms with Crippen LogP contribution in [0.15, 0.2) is 49.2 Å². The molecule has 1 aliphatic heterocycles. The number of anilines is 2. The van der Waals surface area contributed by atoms with Crippen LogP contribution in [0.25, 0.3) is 6.08 Å². The molecule has 0 unspecified atom stereocenters. The van der Waals surface area contributed by atoms with E-state index in [1.54, 1.807) is 53.9 Å². The number of hydrogen-bond donors (Lipinski definition) is 1. The number of carbonyl (C=O) groups is 1. The molecule has 1 N–H and O–H groups in total. The van der Waals surface area contributed by atoms with Crippen LogP contribution in [-0.2, 0) is 11.8 Å². The normalized spacial score (nSPS) is 16.6. The summed E-state index contributed by atoms with van der Waals surface area (Å²) < 4.78 is 1.72. The maximum absolute atomic E-state index is 12.8. The lowest BCUT2D eigenvalue weighted by molar-refractivity contribution is -0.126. The van der Waals surface area contributed by atoms with Crippen molar-refractivity contribution in [3.63, 3.8) is 0 Å². The van der Waals surface area contributed by atoms with Crippen LogP contribution >= 0.6 is 0 Å². The number of hydrogen-bond acceptors (Lipinski definition) is 7. The zero-order chi connectivity index (χ0) is 19.3. The van der Waals surface area contributed by atoms with Gasteiger partial charge in [-0.15, -0.1) is 0 Å². The Morgan fingerprint density at radius 1 is 1.14 bits per heavy atom. The van der Waals surface area contributed by atoms with Gasteiger partial charge in [0, 0.05) is 50.7 Å². The number of rotatable bonds is 5. The summed E-state index contributed by atoms with van der Waals surface area (Å²) in [6.45, 7) is 0.678. The lowest BCUT2D eigenvalue weighted by Gasteiger charge is -2.24. The number of aryl methyl sites for hydroxylation is 1. The zero-order valence-corrected chi connectivity index (χ0v) is 15.4. The SMILES string of the molecule is Cn1nccc1/C=C/C(=O)N1CCC[C@@H]1c1nccnc1Nc1ncccn1. The van der Waals surface area contributed by atoms with E-state index < -0.39 is 0 Å². The molecule has 142 valence electrons. The Hall–Kier alpha value is -3.62. The van der Waals surface area contributed by atoms with Crippen LogP contribution < -0.4 is 5.32 Å². The fourth-order valence-electron chi connectivity index (χ4n) is 3.27. The molecular formula is C19H20N8O. The first-order valence-electron chi connectivity index (χ1n) is 9.04. The fourth-order valence-corrected chi connectivity index (χ4v) is 3.27. The summed E-state index contributed by atoms with van der Waals surface area (Å²) in [5.41, 5.74) is 1.59. The van der Waals surface area contributed by atoms with Gasteiger partial charge in [0.1, 0.15) is 5.69 Å². The van der Waals surface area contributed by atoms with Crippen molar-refractivity contribution in [2.24, 2.45) is 7.05 Å². The van der Waals surface area contributed by atoms with Crippen LogP contribution in [0.1, 0.15) is 30.3 Å². The number of nitrogens with one attached hydrogen (secondary N) is 1. The molecule has 1 atom stereocenters. The minimum absolute atomic E-state index is 0.0590. The van der Waals surface area contributed by atoms with E-state index in [9.17, 15) is 4.79 Å². The van der Waals surface area contributed by atoms with Gasteiger partial charge in [-0.3, -0.25) is 14.5 Å². The zero-order valence-electron chi connectivity index (χ0n) is 15.4. The molecule has 0 aromatic carbocycles. The highest BCUT2D eigenvalue weighted by atomic mass is 16.2. The first-order chi connectivity index (χ1) is 13.7. The summed E-state index contributed by atoms with van der Waals surface area (Å²) in [5, 5.41) is 7.22. The summed E-state index contributed by atoms with van der Waals surface area (Å²) in [7, 11) is 1.84. The van der Waals surface area contributed by atoms with Gasteiger partial charge < -0.3 is 10.2 Å². The smallest absolute Gasteiger partial charge is 0.247 e. The molecule has 28 heavy (non-hydrogen) atoms. The standard InChI is InChI=1S/C19H20N8O/c1-26-14(7-10-24-26)5-6-16(28)27-13-2-4-15(27)17-18(21-12-11-20-17)25-19-22-8-3-9-23-19/h3,5-12,15H,2,4,13H2,1H3,(H,21,22,23,25)/b6-5+/t15-/m1/s1. The van der Waals surface area contributed by atoms with Gasteiger partial charge in [0.05, 0.1) is 11.7 Å². The molecule has 1 aliphatic rings. The van der Waals surface area contributed by atoms with Crippen LogP contribution in [0.3, 0.4) is 0 Å². The van der Waals surface area contributed by atoms with Crippen LogP contribution in [0.4, 0.5) is 11.8 Å². The molecule has 0 saturated carbocycles. The molecule has 0 bridgehead atoms. The first-order valence-corrected chi connectivity index (χ1v) is 9.04. The predicted octanol–water partition coefficient (Wildman–Crippen LogP) is 2.12. The summed E-state index contributed by atoms with van der Waals surface area (Å²) in [5.74, 6) is 0.946. The molecule has 9 nitrogen and oxygen atoms in total. The Kier molecular flexibility index (Phi) is 5.05. The van der Waals surface area contributed by atoms with Crippen molar-refractivity contribution in [2.75, 3.05) is 11.9 Å². The minimum atomic E-state index is -0.149. The fraction of sp³-hybridized carbons (Fsp3) is 0.263. The van der Waals surface area contributed by atoms with E-state index >= 15 is 0 Å². The van der Waals surface area contributed by atoms with Crippen molar-refractivity contribution < 1.29 is 4.79 Å². The lowest BCUT2D eigenvalue weighted by atomic mass is 10.1. The van der Waals surface area contributed by atoms with Gasteiger partial charge in [-0.25, -0.2) is 15.0 Å². The van der Waals surface area contributed by atoms with Crippen LogP contribution in [0, 0.1) is 0 Å². The van der Waals surface area contributed by atoms with Gasteiger partial charge >= 0.3 is 0 Å². The maximum atomic E-state index is 12.8. The molecule has 4 heterocycles. The highest BCUT2D eigenvalue weighted by molar-refractivity contribution is 5.92. The number of likely N-dealkylation sites (tertiary alicyclic amines) is 1. The third-order valence-electron chi connectivity index (χ3n) is 4.63. The van der Waals surface area contributed by atoms with E-state index in [-0.39, 0.29) is 11.9 Å². The predicted molar refractivity (Wildman–Crippen MR) is 103 cm³/mol. The topological polar surface area (TPSA) is 102 Å². The second kappa shape index (κ2) is 7.95. The van der Waals surface area contributed by atoms with Crippen molar-refractivity contribution in [3.8, 4) is 0 Å². The van der Waals surface area contributed by atoms with Crippen molar-refractivity contribution in [1.82, 2.24) is 34.6 Å². The second-order valence-electron chi connectivity index (χ2n) is 6.39. The third-order valence-corrected chi connectivity index (χ3v) is 4.63. The molecule has 0 aliphatic carbocycles. The van der Waals surface area contributed by atoms with Crippen LogP contribution in [0.2, 0.25) is 0 Å².